The number of carbonyl (C=O) groups excluding carboxylic acids is 3. The number of carbonyl (C=O) groups is 3. The highest BCUT2D eigenvalue weighted by Crippen LogP contribution is 2.10. The van der Waals surface area contributed by atoms with Crippen LogP contribution >= 0.6 is 0 Å². The third-order valence-corrected chi connectivity index (χ3v) is 1.85. The van der Waals surface area contributed by atoms with Gasteiger partial charge in [-0.2, -0.15) is 0 Å². The van der Waals surface area contributed by atoms with Crippen molar-refractivity contribution in [3.8, 4) is 0 Å². The highest BCUT2D eigenvalue weighted by Gasteiger charge is 2.24. The van der Waals surface area contributed by atoms with E-state index in [-0.39, 0.29) is 31.0 Å². The molecule has 80 valence electrons. The largest absolute Gasteiger partial charge is 0.465 e. The molecule has 4 nitrogen and oxygen atoms in total. The summed E-state index contributed by atoms with van der Waals surface area (Å²) in [6, 6.07) is 0. The van der Waals surface area contributed by atoms with Gasteiger partial charge < -0.3 is 9.53 Å². The molecule has 1 atom stereocenters. The SMILES string of the molecule is CCOC(=O)[C@@H](CCC(C)=O)C(C)=O. The van der Waals surface area contributed by atoms with Crippen LogP contribution in [0.3, 0.4) is 0 Å². The summed E-state index contributed by atoms with van der Waals surface area (Å²) in [5, 5.41) is 0. The minimum absolute atomic E-state index is 0.0273. The Morgan fingerprint density at radius 2 is 1.79 bits per heavy atom. The second kappa shape index (κ2) is 6.29. The molecule has 0 spiro atoms. The lowest BCUT2D eigenvalue weighted by molar-refractivity contribution is -0.151. The standard InChI is InChI=1S/C10H16O4/c1-4-14-10(13)9(8(3)12)6-5-7(2)11/h9H,4-6H2,1-3H3/t9-/m0/s1. The molecule has 14 heavy (non-hydrogen) atoms. The maximum Gasteiger partial charge on any atom is 0.316 e. The Morgan fingerprint density at radius 3 is 2.14 bits per heavy atom. The van der Waals surface area contributed by atoms with Gasteiger partial charge in [0.1, 0.15) is 17.5 Å². The van der Waals surface area contributed by atoms with E-state index in [1.807, 2.05) is 0 Å². The first kappa shape index (κ1) is 12.8. The van der Waals surface area contributed by atoms with E-state index >= 15 is 0 Å². The molecule has 0 aromatic heterocycles. The van der Waals surface area contributed by atoms with E-state index in [0.717, 1.165) is 0 Å². The van der Waals surface area contributed by atoms with Gasteiger partial charge in [0.2, 0.25) is 0 Å². The molecule has 0 radical (unpaired) electrons. The Labute approximate surface area is 83.6 Å². The van der Waals surface area contributed by atoms with Crippen molar-refractivity contribution in [3.05, 3.63) is 0 Å². The van der Waals surface area contributed by atoms with Crippen LogP contribution in [0.4, 0.5) is 0 Å². The Morgan fingerprint density at radius 1 is 1.21 bits per heavy atom. The van der Waals surface area contributed by atoms with Crippen LogP contribution in [0.2, 0.25) is 0 Å². The van der Waals surface area contributed by atoms with Crippen LogP contribution in [0.25, 0.3) is 0 Å². The summed E-state index contributed by atoms with van der Waals surface area (Å²) in [6.07, 6.45) is 0.493. The molecule has 0 N–H and O–H groups in total. The Bertz CT molecular complexity index is 232. The smallest absolute Gasteiger partial charge is 0.316 e. The van der Waals surface area contributed by atoms with Crippen molar-refractivity contribution in [2.45, 2.75) is 33.6 Å². The number of hydrogen-bond donors (Lipinski definition) is 0. The molecule has 0 amide bonds. The Kier molecular flexibility index (Phi) is 5.76. The number of ketones is 2. The highest BCUT2D eigenvalue weighted by atomic mass is 16.5. The second-order valence-corrected chi connectivity index (χ2v) is 3.16. The summed E-state index contributed by atoms with van der Waals surface area (Å²) in [6.45, 7) is 4.70. The molecule has 0 fully saturated rings. The minimum atomic E-state index is -0.779. The maximum atomic E-state index is 11.2. The molecule has 0 aliphatic heterocycles. The molecule has 0 heterocycles. The van der Waals surface area contributed by atoms with Gasteiger partial charge in [0.05, 0.1) is 6.61 Å². The van der Waals surface area contributed by atoms with Crippen LogP contribution in [0.1, 0.15) is 33.6 Å². The molecule has 0 aliphatic carbocycles. The van der Waals surface area contributed by atoms with Crippen LogP contribution in [0.5, 0.6) is 0 Å². The van der Waals surface area contributed by atoms with Gasteiger partial charge in [0.15, 0.2) is 0 Å². The third-order valence-electron chi connectivity index (χ3n) is 1.85. The molecular weight excluding hydrogens is 184 g/mol. The molecule has 0 rings (SSSR count). The number of hydrogen-bond acceptors (Lipinski definition) is 4. The summed E-state index contributed by atoms with van der Waals surface area (Å²) in [5.74, 6) is -1.58. The fourth-order valence-electron chi connectivity index (χ4n) is 1.08. The van der Waals surface area contributed by atoms with Crippen molar-refractivity contribution in [1.29, 1.82) is 0 Å². The van der Waals surface area contributed by atoms with Crippen molar-refractivity contribution < 1.29 is 19.1 Å². The van der Waals surface area contributed by atoms with E-state index in [9.17, 15) is 14.4 Å². The number of ether oxygens (including phenoxy) is 1. The Balaban J connectivity index is 4.22. The van der Waals surface area contributed by atoms with Gasteiger partial charge in [-0.15, -0.1) is 0 Å². The topological polar surface area (TPSA) is 60.4 Å². The first-order valence-corrected chi connectivity index (χ1v) is 4.65. The third kappa shape index (κ3) is 4.74. The molecule has 0 unspecified atom stereocenters. The normalized spacial score (nSPS) is 11.9. The summed E-state index contributed by atoms with van der Waals surface area (Å²) >= 11 is 0. The Hall–Kier alpha value is -1.19. The first-order valence-electron chi connectivity index (χ1n) is 4.65. The average Bonchev–Trinajstić information content (AvgIpc) is 2.03. The quantitative estimate of drug-likeness (QED) is 0.476. The molecule has 0 bridgehead atoms. The fraction of sp³-hybridized carbons (Fsp3) is 0.700. The highest BCUT2D eigenvalue weighted by molar-refractivity contribution is 5.98. The molecule has 0 aromatic carbocycles. The second-order valence-electron chi connectivity index (χ2n) is 3.16. The summed E-state index contributed by atoms with van der Waals surface area (Å²) in [5.41, 5.74) is 0. The van der Waals surface area contributed by atoms with E-state index < -0.39 is 11.9 Å². The van der Waals surface area contributed by atoms with Crippen molar-refractivity contribution in [1.82, 2.24) is 0 Å². The maximum absolute atomic E-state index is 11.2. The van der Waals surface area contributed by atoms with Gasteiger partial charge in [-0.1, -0.05) is 0 Å². The van der Waals surface area contributed by atoms with Crippen LogP contribution in [0, 0.1) is 5.92 Å². The van der Waals surface area contributed by atoms with Crippen LogP contribution in [-0.4, -0.2) is 24.1 Å². The fourth-order valence-corrected chi connectivity index (χ4v) is 1.08. The van der Waals surface area contributed by atoms with Crippen LogP contribution in [-0.2, 0) is 19.1 Å². The van der Waals surface area contributed by atoms with E-state index in [0.29, 0.717) is 0 Å². The molecule has 0 aliphatic rings. The monoisotopic (exact) mass is 200 g/mol. The number of Topliss-reactive ketones (excluding diaryl/α,β-unsaturated/α-hetero) is 2. The zero-order valence-corrected chi connectivity index (χ0v) is 8.83. The lowest BCUT2D eigenvalue weighted by atomic mass is 9.98. The van der Waals surface area contributed by atoms with E-state index in [1.54, 1.807) is 6.92 Å². The van der Waals surface area contributed by atoms with Crippen LogP contribution < -0.4 is 0 Å². The van der Waals surface area contributed by atoms with Crippen molar-refractivity contribution >= 4 is 17.5 Å². The zero-order valence-electron chi connectivity index (χ0n) is 8.83. The van der Waals surface area contributed by atoms with E-state index in [4.69, 9.17) is 4.74 Å². The molecule has 0 aromatic rings. The number of rotatable bonds is 6. The van der Waals surface area contributed by atoms with E-state index in [1.165, 1.54) is 13.8 Å². The van der Waals surface area contributed by atoms with E-state index in [2.05, 4.69) is 0 Å². The van der Waals surface area contributed by atoms with Crippen molar-refractivity contribution in [3.63, 3.8) is 0 Å². The van der Waals surface area contributed by atoms with Gasteiger partial charge in [-0.25, -0.2) is 0 Å². The van der Waals surface area contributed by atoms with Gasteiger partial charge >= 0.3 is 5.97 Å². The van der Waals surface area contributed by atoms with Gasteiger partial charge in [0, 0.05) is 6.42 Å². The molecule has 4 heteroatoms. The minimum Gasteiger partial charge on any atom is -0.465 e. The predicted octanol–water partition coefficient (Wildman–Crippen LogP) is 1.12. The van der Waals surface area contributed by atoms with Crippen molar-refractivity contribution in [2.24, 2.45) is 5.92 Å². The molecular formula is C10H16O4. The molecule has 0 saturated heterocycles. The predicted molar refractivity (Wildman–Crippen MR) is 50.7 cm³/mol. The first-order chi connectivity index (χ1) is 6.49. The van der Waals surface area contributed by atoms with Crippen LogP contribution in [0.15, 0.2) is 0 Å². The lowest BCUT2D eigenvalue weighted by Gasteiger charge is -2.10. The van der Waals surface area contributed by atoms with Gasteiger partial charge in [0.25, 0.3) is 0 Å². The lowest BCUT2D eigenvalue weighted by Crippen LogP contribution is -2.24. The van der Waals surface area contributed by atoms with Gasteiger partial charge in [-0.05, 0) is 27.2 Å². The summed E-state index contributed by atoms with van der Waals surface area (Å²) in [7, 11) is 0. The van der Waals surface area contributed by atoms with Gasteiger partial charge in [-0.3, -0.25) is 9.59 Å². The summed E-state index contributed by atoms with van der Waals surface area (Å²) < 4.78 is 4.73. The summed E-state index contributed by atoms with van der Waals surface area (Å²) in [4.78, 5) is 33.0. The average molecular weight is 200 g/mol. The number of esters is 1. The van der Waals surface area contributed by atoms with Crippen molar-refractivity contribution in [2.75, 3.05) is 6.61 Å². The molecule has 0 saturated carbocycles. The zero-order chi connectivity index (χ0) is 11.1.